The lowest BCUT2D eigenvalue weighted by Crippen LogP contribution is -2.14. The van der Waals surface area contributed by atoms with Crippen molar-refractivity contribution in [2.24, 2.45) is 0 Å². The summed E-state index contributed by atoms with van der Waals surface area (Å²) in [4.78, 5) is 31.7. The zero-order valence-electron chi connectivity index (χ0n) is 11.7. The van der Waals surface area contributed by atoms with Crippen LogP contribution in [0.3, 0.4) is 0 Å². The van der Waals surface area contributed by atoms with Gasteiger partial charge in [-0.2, -0.15) is 0 Å². The van der Waals surface area contributed by atoms with Crippen molar-refractivity contribution in [3.8, 4) is 0 Å². The maximum atomic E-state index is 11.7. The number of nitro benzene ring substituents is 2. The summed E-state index contributed by atoms with van der Waals surface area (Å²) in [5, 5.41) is 23.8. The van der Waals surface area contributed by atoms with E-state index >= 15 is 0 Å². The highest BCUT2D eigenvalue weighted by Gasteiger charge is 2.21. The van der Waals surface area contributed by atoms with Crippen LogP contribution in [0.1, 0.15) is 5.56 Å². The summed E-state index contributed by atoms with van der Waals surface area (Å²) in [5.74, 6) is 0. The van der Waals surface area contributed by atoms with E-state index in [0.717, 1.165) is 23.8 Å². The van der Waals surface area contributed by atoms with Crippen LogP contribution in [-0.2, 0) is 11.3 Å². The molecule has 0 atom stereocenters. The van der Waals surface area contributed by atoms with Gasteiger partial charge in [-0.15, -0.1) is 0 Å². The number of amides is 1. The second-order valence-electron chi connectivity index (χ2n) is 4.40. The molecule has 0 spiro atoms. The van der Waals surface area contributed by atoms with E-state index in [4.69, 9.17) is 4.74 Å². The standard InChI is InChI=1S/C14H11N3O6/c18-14(23-9-10-4-2-1-3-5-10)15-12-7-6-11(16(19)20)8-13(12)17(21)22/h1-8H,9H2,(H,15,18). The third-order valence-electron chi connectivity index (χ3n) is 2.84. The zero-order chi connectivity index (χ0) is 16.8. The summed E-state index contributed by atoms with van der Waals surface area (Å²) in [6, 6.07) is 11.8. The minimum atomic E-state index is -0.897. The molecule has 0 bridgehead atoms. The molecule has 0 heterocycles. The lowest BCUT2D eigenvalue weighted by atomic mass is 10.2. The number of hydrogen-bond donors (Lipinski definition) is 1. The van der Waals surface area contributed by atoms with Crippen LogP contribution in [0.15, 0.2) is 48.5 Å². The molecule has 9 nitrogen and oxygen atoms in total. The van der Waals surface area contributed by atoms with Gasteiger partial charge in [0.2, 0.25) is 0 Å². The van der Waals surface area contributed by atoms with E-state index in [-0.39, 0.29) is 12.3 Å². The summed E-state index contributed by atoms with van der Waals surface area (Å²) < 4.78 is 4.94. The van der Waals surface area contributed by atoms with Crippen molar-refractivity contribution < 1.29 is 19.4 Å². The number of hydrogen-bond acceptors (Lipinski definition) is 6. The molecule has 0 saturated heterocycles. The first-order valence-electron chi connectivity index (χ1n) is 6.38. The molecule has 0 saturated carbocycles. The highest BCUT2D eigenvalue weighted by atomic mass is 16.6. The monoisotopic (exact) mass is 317 g/mol. The largest absolute Gasteiger partial charge is 0.444 e. The first kappa shape index (κ1) is 15.9. The second-order valence-corrected chi connectivity index (χ2v) is 4.40. The Labute approximate surface area is 129 Å². The summed E-state index contributed by atoms with van der Waals surface area (Å²) in [6.45, 7) is -0.00650. The van der Waals surface area contributed by atoms with Crippen LogP contribution in [0.2, 0.25) is 0 Å². The number of carbonyl (C=O) groups excluding carboxylic acids is 1. The minimum absolute atomic E-state index is 0.00650. The molecule has 0 fully saturated rings. The maximum absolute atomic E-state index is 11.7. The summed E-state index contributed by atoms with van der Waals surface area (Å²) in [5.41, 5.74) is -0.463. The van der Waals surface area contributed by atoms with Crippen molar-refractivity contribution in [3.63, 3.8) is 0 Å². The number of ether oxygens (including phenoxy) is 1. The van der Waals surface area contributed by atoms with Crippen LogP contribution < -0.4 is 5.32 Å². The Balaban J connectivity index is 2.08. The van der Waals surface area contributed by atoms with Gasteiger partial charge in [-0.1, -0.05) is 30.3 Å². The molecule has 0 unspecified atom stereocenters. The number of nitrogens with one attached hydrogen (secondary N) is 1. The Bertz CT molecular complexity index is 747. The number of anilines is 1. The van der Waals surface area contributed by atoms with Gasteiger partial charge in [-0.3, -0.25) is 25.5 Å². The van der Waals surface area contributed by atoms with Crippen molar-refractivity contribution in [2.75, 3.05) is 5.32 Å². The fourth-order valence-corrected chi connectivity index (χ4v) is 1.76. The number of non-ortho nitro benzene ring substituents is 1. The maximum Gasteiger partial charge on any atom is 0.412 e. The van der Waals surface area contributed by atoms with Crippen molar-refractivity contribution in [2.45, 2.75) is 6.61 Å². The fourth-order valence-electron chi connectivity index (χ4n) is 1.76. The van der Waals surface area contributed by atoms with E-state index in [9.17, 15) is 25.0 Å². The zero-order valence-corrected chi connectivity index (χ0v) is 11.7. The first-order valence-corrected chi connectivity index (χ1v) is 6.38. The molecule has 2 aromatic rings. The normalized spacial score (nSPS) is 9.91. The molecular formula is C14H11N3O6. The highest BCUT2D eigenvalue weighted by molar-refractivity contribution is 5.88. The minimum Gasteiger partial charge on any atom is -0.444 e. The van der Waals surface area contributed by atoms with Crippen LogP contribution in [0.5, 0.6) is 0 Å². The predicted molar refractivity (Wildman–Crippen MR) is 80.0 cm³/mol. The van der Waals surface area contributed by atoms with E-state index < -0.39 is 27.3 Å². The van der Waals surface area contributed by atoms with E-state index in [1.165, 1.54) is 0 Å². The van der Waals surface area contributed by atoms with Gasteiger partial charge in [0.15, 0.2) is 0 Å². The lowest BCUT2D eigenvalue weighted by Gasteiger charge is -2.07. The smallest absolute Gasteiger partial charge is 0.412 e. The lowest BCUT2D eigenvalue weighted by molar-refractivity contribution is -0.393. The third kappa shape index (κ3) is 4.24. The topological polar surface area (TPSA) is 125 Å². The molecule has 9 heteroatoms. The molecule has 0 aliphatic carbocycles. The molecule has 0 aromatic heterocycles. The van der Waals surface area contributed by atoms with Crippen LogP contribution in [-0.4, -0.2) is 15.9 Å². The van der Waals surface area contributed by atoms with E-state index in [2.05, 4.69) is 5.32 Å². The van der Waals surface area contributed by atoms with Crippen LogP contribution in [0.4, 0.5) is 21.9 Å². The van der Waals surface area contributed by atoms with Crippen molar-refractivity contribution in [1.82, 2.24) is 0 Å². The molecule has 2 aromatic carbocycles. The second kappa shape index (κ2) is 6.98. The Kier molecular flexibility index (Phi) is 4.82. The van der Waals surface area contributed by atoms with Gasteiger partial charge in [0, 0.05) is 6.07 Å². The molecular weight excluding hydrogens is 306 g/mol. The van der Waals surface area contributed by atoms with Crippen LogP contribution in [0, 0.1) is 20.2 Å². The van der Waals surface area contributed by atoms with Crippen molar-refractivity contribution in [3.05, 3.63) is 74.3 Å². The van der Waals surface area contributed by atoms with Gasteiger partial charge < -0.3 is 4.74 Å². The van der Waals surface area contributed by atoms with Crippen molar-refractivity contribution >= 4 is 23.2 Å². The quantitative estimate of drug-likeness (QED) is 0.666. The van der Waals surface area contributed by atoms with Crippen LogP contribution in [0.25, 0.3) is 0 Å². The van der Waals surface area contributed by atoms with Gasteiger partial charge in [-0.05, 0) is 11.6 Å². The Morgan fingerprint density at radius 3 is 2.35 bits per heavy atom. The summed E-state index contributed by atoms with van der Waals surface area (Å²) in [6.07, 6.45) is -0.897. The summed E-state index contributed by atoms with van der Waals surface area (Å²) >= 11 is 0. The number of nitrogens with zero attached hydrogens (tertiary/aromatic N) is 2. The van der Waals surface area contributed by atoms with Gasteiger partial charge in [0.05, 0.1) is 15.9 Å². The molecule has 1 N–H and O–H groups in total. The fraction of sp³-hybridized carbons (Fsp3) is 0.0714. The Morgan fingerprint density at radius 2 is 1.74 bits per heavy atom. The number of benzene rings is 2. The van der Waals surface area contributed by atoms with Gasteiger partial charge in [0.25, 0.3) is 11.4 Å². The van der Waals surface area contributed by atoms with E-state index in [1.54, 1.807) is 24.3 Å². The van der Waals surface area contributed by atoms with Gasteiger partial charge in [0.1, 0.15) is 12.3 Å². The molecule has 1 amide bonds. The number of nitro groups is 2. The molecule has 0 aliphatic rings. The Morgan fingerprint density at radius 1 is 1.04 bits per heavy atom. The average molecular weight is 317 g/mol. The molecule has 118 valence electrons. The van der Waals surface area contributed by atoms with Gasteiger partial charge >= 0.3 is 6.09 Å². The van der Waals surface area contributed by atoms with E-state index in [0.29, 0.717) is 0 Å². The number of rotatable bonds is 5. The average Bonchev–Trinajstić information content (AvgIpc) is 2.54. The summed E-state index contributed by atoms with van der Waals surface area (Å²) in [7, 11) is 0. The van der Waals surface area contributed by atoms with Gasteiger partial charge in [-0.25, -0.2) is 4.79 Å². The van der Waals surface area contributed by atoms with E-state index in [1.807, 2.05) is 6.07 Å². The number of carbonyl (C=O) groups is 1. The predicted octanol–water partition coefficient (Wildman–Crippen LogP) is 3.25. The molecule has 0 aliphatic heterocycles. The Hall–Kier alpha value is -3.49. The highest BCUT2D eigenvalue weighted by Crippen LogP contribution is 2.29. The molecule has 2 rings (SSSR count). The third-order valence-corrected chi connectivity index (χ3v) is 2.84. The molecule has 23 heavy (non-hydrogen) atoms. The molecule has 0 radical (unpaired) electrons. The first-order chi connectivity index (χ1) is 11.0. The SMILES string of the molecule is O=C(Nc1ccc([N+](=O)[O-])cc1[N+](=O)[O-])OCc1ccccc1. The van der Waals surface area contributed by atoms with Crippen molar-refractivity contribution in [1.29, 1.82) is 0 Å². The van der Waals surface area contributed by atoms with Crippen LogP contribution >= 0.6 is 0 Å².